The van der Waals surface area contributed by atoms with E-state index in [0.717, 1.165) is 59.1 Å². The van der Waals surface area contributed by atoms with Gasteiger partial charge < -0.3 is 0 Å². The largest absolute Gasteiger partial charge is 0.206 e. The van der Waals surface area contributed by atoms with Crippen molar-refractivity contribution in [2.75, 3.05) is 0 Å². The lowest BCUT2D eigenvalue weighted by molar-refractivity contribution is 0.513. The van der Waals surface area contributed by atoms with E-state index in [0.29, 0.717) is 16.7 Å². The Labute approximate surface area is 231 Å². The van der Waals surface area contributed by atoms with Gasteiger partial charge in [0.05, 0.1) is 0 Å². The van der Waals surface area contributed by atoms with Gasteiger partial charge in [-0.1, -0.05) is 63.1 Å². The van der Waals surface area contributed by atoms with Crippen LogP contribution in [0.25, 0.3) is 33.4 Å². The quantitative estimate of drug-likeness (QED) is 0.224. The second kappa shape index (κ2) is 11.4. The second-order valence-corrected chi connectivity index (χ2v) is 10.9. The van der Waals surface area contributed by atoms with Gasteiger partial charge in [0.2, 0.25) is 0 Å². The van der Waals surface area contributed by atoms with Gasteiger partial charge in [-0.05, 0) is 122 Å². The van der Waals surface area contributed by atoms with Gasteiger partial charge in [-0.3, -0.25) is 0 Å². The molecule has 0 fully saturated rings. The molecule has 0 bridgehead atoms. The molecular formula is C36H39F3. The zero-order valence-corrected chi connectivity index (χ0v) is 24.5. The van der Waals surface area contributed by atoms with Crippen molar-refractivity contribution in [3.8, 4) is 33.4 Å². The molecule has 0 aromatic heterocycles. The van der Waals surface area contributed by atoms with E-state index < -0.39 is 17.5 Å². The molecule has 4 rings (SSSR count). The summed E-state index contributed by atoms with van der Waals surface area (Å²) in [5, 5.41) is 0. The molecule has 0 nitrogen and oxygen atoms in total. The average molecular weight is 529 g/mol. The molecule has 4 aromatic carbocycles. The van der Waals surface area contributed by atoms with Gasteiger partial charge in [-0.2, -0.15) is 0 Å². The summed E-state index contributed by atoms with van der Waals surface area (Å²) in [6.45, 7) is 16.5. The third-order valence-electron chi connectivity index (χ3n) is 8.45. The van der Waals surface area contributed by atoms with Gasteiger partial charge in [-0.25, -0.2) is 13.2 Å². The first-order chi connectivity index (χ1) is 18.5. The van der Waals surface area contributed by atoms with Crippen LogP contribution in [0.4, 0.5) is 13.2 Å². The predicted molar refractivity (Wildman–Crippen MR) is 159 cm³/mol. The first-order valence-corrected chi connectivity index (χ1v) is 14.0. The van der Waals surface area contributed by atoms with Crippen LogP contribution < -0.4 is 0 Å². The summed E-state index contributed by atoms with van der Waals surface area (Å²) in [4.78, 5) is 0. The Bertz CT molecular complexity index is 1560. The van der Waals surface area contributed by atoms with Crippen molar-refractivity contribution in [2.24, 2.45) is 0 Å². The van der Waals surface area contributed by atoms with Crippen LogP contribution in [0, 0.1) is 59.0 Å². The highest BCUT2D eigenvalue weighted by atomic mass is 19.2. The fourth-order valence-corrected chi connectivity index (χ4v) is 5.98. The van der Waals surface area contributed by atoms with Crippen LogP contribution in [0.15, 0.2) is 42.5 Å². The van der Waals surface area contributed by atoms with Crippen LogP contribution >= 0.6 is 0 Å². The molecular weight excluding hydrogens is 489 g/mol. The van der Waals surface area contributed by atoms with E-state index in [-0.39, 0.29) is 11.1 Å². The van der Waals surface area contributed by atoms with Gasteiger partial charge in [0.15, 0.2) is 11.6 Å². The summed E-state index contributed by atoms with van der Waals surface area (Å²) < 4.78 is 46.6. The van der Waals surface area contributed by atoms with Gasteiger partial charge in [0.1, 0.15) is 5.82 Å². The van der Waals surface area contributed by atoms with E-state index in [4.69, 9.17) is 0 Å². The van der Waals surface area contributed by atoms with Crippen molar-refractivity contribution in [3.63, 3.8) is 0 Å². The van der Waals surface area contributed by atoms with E-state index in [9.17, 15) is 0 Å². The molecule has 0 aliphatic carbocycles. The smallest absolute Gasteiger partial charge is 0.167 e. The lowest BCUT2D eigenvalue weighted by Gasteiger charge is -2.18. The Balaban J connectivity index is 1.77. The van der Waals surface area contributed by atoms with Crippen molar-refractivity contribution in [1.82, 2.24) is 0 Å². The molecule has 0 atom stereocenters. The maximum absolute atomic E-state index is 15.5. The predicted octanol–water partition coefficient (Wildman–Crippen LogP) is 10.9. The Morgan fingerprint density at radius 1 is 0.487 bits per heavy atom. The molecule has 0 radical (unpaired) electrons. The van der Waals surface area contributed by atoms with Crippen LogP contribution in [0.1, 0.15) is 71.2 Å². The molecule has 0 amide bonds. The number of rotatable bonds is 7. The molecule has 0 saturated heterocycles. The minimum Gasteiger partial charge on any atom is -0.206 e. The highest BCUT2D eigenvalue weighted by Gasteiger charge is 2.21. The SMILES string of the molecule is CCCc1c(C)cc(-c2ccc(-c3ccc(-c4cc(C)c(CCC)c(C)c4C)c(F)c3F)cc2F)c(C)c1C. The normalized spacial score (nSPS) is 11.4. The van der Waals surface area contributed by atoms with E-state index in [1.54, 1.807) is 24.3 Å². The molecule has 0 heterocycles. The lowest BCUT2D eigenvalue weighted by atomic mass is 9.87. The third kappa shape index (κ3) is 5.16. The molecule has 204 valence electrons. The summed E-state index contributed by atoms with van der Waals surface area (Å²) >= 11 is 0. The van der Waals surface area contributed by atoms with Crippen molar-refractivity contribution < 1.29 is 13.2 Å². The minimum absolute atomic E-state index is 0.0535. The van der Waals surface area contributed by atoms with Gasteiger partial charge >= 0.3 is 0 Å². The molecule has 0 saturated carbocycles. The van der Waals surface area contributed by atoms with Gasteiger partial charge in [0.25, 0.3) is 0 Å². The second-order valence-electron chi connectivity index (χ2n) is 10.9. The molecule has 0 N–H and O–H groups in total. The number of hydrogen-bond donors (Lipinski definition) is 0. The fraction of sp³-hybridized carbons (Fsp3) is 0.333. The standard InChI is InChI=1S/C36H39F3/c1-9-11-27-20(3)17-32(24(7)22(27)5)30-14-13-26(19-34(30)37)29-15-16-31(36(39)35(29)38)33-18-21(4)28(12-10-2)23(6)25(33)8/h13-19H,9-12H2,1-8H3. The fourth-order valence-electron chi connectivity index (χ4n) is 5.98. The Morgan fingerprint density at radius 2 is 0.923 bits per heavy atom. The Morgan fingerprint density at radius 3 is 1.41 bits per heavy atom. The van der Waals surface area contributed by atoms with Crippen molar-refractivity contribution in [1.29, 1.82) is 0 Å². The molecule has 0 aliphatic heterocycles. The van der Waals surface area contributed by atoms with Crippen LogP contribution in [-0.4, -0.2) is 0 Å². The highest BCUT2D eigenvalue weighted by Crippen LogP contribution is 2.38. The summed E-state index contributed by atoms with van der Waals surface area (Å²) in [7, 11) is 0. The maximum Gasteiger partial charge on any atom is 0.167 e. The molecule has 0 aliphatic rings. The first-order valence-electron chi connectivity index (χ1n) is 14.0. The van der Waals surface area contributed by atoms with Crippen LogP contribution in [-0.2, 0) is 12.8 Å². The number of halogens is 3. The van der Waals surface area contributed by atoms with Crippen molar-refractivity contribution in [3.05, 3.63) is 104 Å². The first kappa shape index (κ1) is 28.7. The zero-order valence-electron chi connectivity index (χ0n) is 24.5. The van der Waals surface area contributed by atoms with E-state index in [2.05, 4.69) is 27.7 Å². The van der Waals surface area contributed by atoms with Gasteiger partial charge in [0, 0.05) is 16.7 Å². The molecule has 4 aromatic rings. The Kier molecular flexibility index (Phi) is 8.39. The third-order valence-corrected chi connectivity index (χ3v) is 8.45. The number of benzene rings is 4. The Hall–Kier alpha value is -3.33. The molecule has 3 heteroatoms. The summed E-state index contributed by atoms with van der Waals surface area (Å²) in [6.07, 6.45) is 4.02. The summed E-state index contributed by atoms with van der Waals surface area (Å²) in [5.41, 5.74) is 11.7. The lowest BCUT2D eigenvalue weighted by Crippen LogP contribution is -2.02. The zero-order chi connectivity index (χ0) is 28.6. The van der Waals surface area contributed by atoms with Crippen LogP contribution in [0.2, 0.25) is 0 Å². The maximum atomic E-state index is 15.5. The van der Waals surface area contributed by atoms with Crippen molar-refractivity contribution in [2.45, 2.75) is 81.1 Å². The average Bonchev–Trinajstić information content (AvgIpc) is 2.90. The summed E-state index contributed by atoms with van der Waals surface area (Å²) in [5.74, 6) is -2.32. The van der Waals surface area contributed by atoms with E-state index in [1.165, 1.54) is 22.8 Å². The van der Waals surface area contributed by atoms with E-state index >= 15 is 13.2 Å². The minimum atomic E-state index is -0.959. The van der Waals surface area contributed by atoms with E-state index in [1.807, 2.05) is 39.8 Å². The summed E-state index contributed by atoms with van der Waals surface area (Å²) in [6, 6.07) is 11.8. The molecule has 0 spiro atoms. The monoisotopic (exact) mass is 528 g/mol. The number of hydrogen-bond acceptors (Lipinski definition) is 0. The van der Waals surface area contributed by atoms with Crippen LogP contribution in [0.3, 0.4) is 0 Å². The molecule has 39 heavy (non-hydrogen) atoms. The van der Waals surface area contributed by atoms with Crippen LogP contribution in [0.5, 0.6) is 0 Å². The highest BCUT2D eigenvalue weighted by molar-refractivity contribution is 5.78. The van der Waals surface area contributed by atoms with Gasteiger partial charge in [-0.15, -0.1) is 0 Å². The van der Waals surface area contributed by atoms with Crippen molar-refractivity contribution >= 4 is 0 Å². The number of aryl methyl sites for hydroxylation is 2. The topological polar surface area (TPSA) is 0 Å². The molecule has 0 unspecified atom stereocenters.